The van der Waals surface area contributed by atoms with E-state index in [1.165, 1.54) is 7.11 Å². The van der Waals surface area contributed by atoms with Gasteiger partial charge < -0.3 is 9.47 Å². The summed E-state index contributed by atoms with van der Waals surface area (Å²) in [6.45, 7) is 1.89. The van der Waals surface area contributed by atoms with Gasteiger partial charge in [-0.1, -0.05) is 0 Å². The van der Waals surface area contributed by atoms with Crippen molar-refractivity contribution in [3.05, 3.63) is 23.5 Å². The molecule has 0 unspecified atom stereocenters. The zero-order valence-electron chi connectivity index (χ0n) is 7.61. The molecule has 0 saturated carbocycles. The maximum Gasteiger partial charge on any atom is 0.188 e. The van der Waals surface area contributed by atoms with Gasteiger partial charge in [0.1, 0.15) is 0 Å². The highest BCUT2D eigenvalue weighted by Gasteiger charge is 2.06. The first-order valence-corrected chi connectivity index (χ1v) is 3.82. The summed E-state index contributed by atoms with van der Waals surface area (Å²) in [6.07, 6.45) is 2.30. The van der Waals surface area contributed by atoms with Gasteiger partial charge in [0.25, 0.3) is 0 Å². The Bertz CT molecular complexity index is 299. The van der Waals surface area contributed by atoms with E-state index in [0.717, 1.165) is 6.29 Å². The average Bonchev–Trinajstić information content (AvgIpc) is 2.15. The third-order valence-electron chi connectivity index (χ3n) is 1.56. The maximum atomic E-state index is 10.6. The molecule has 0 fully saturated rings. The SMILES string of the molecule is COCOc1c(C=O)ccnc1C. The van der Waals surface area contributed by atoms with Crippen LogP contribution in [0.5, 0.6) is 5.75 Å². The van der Waals surface area contributed by atoms with Gasteiger partial charge in [-0.15, -0.1) is 0 Å². The first kappa shape index (κ1) is 9.67. The smallest absolute Gasteiger partial charge is 0.188 e. The summed E-state index contributed by atoms with van der Waals surface area (Å²) < 4.78 is 9.93. The molecule has 4 heteroatoms. The zero-order chi connectivity index (χ0) is 9.68. The highest BCUT2D eigenvalue weighted by molar-refractivity contribution is 5.79. The number of aryl methyl sites for hydroxylation is 1. The largest absolute Gasteiger partial charge is 0.465 e. The topological polar surface area (TPSA) is 48.4 Å². The van der Waals surface area contributed by atoms with E-state index in [2.05, 4.69) is 4.98 Å². The van der Waals surface area contributed by atoms with E-state index in [4.69, 9.17) is 9.47 Å². The van der Waals surface area contributed by atoms with Gasteiger partial charge >= 0.3 is 0 Å². The fourth-order valence-corrected chi connectivity index (χ4v) is 0.971. The van der Waals surface area contributed by atoms with Gasteiger partial charge in [0.05, 0.1) is 11.3 Å². The van der Waals surface area contributed by atoms with Crippen LogP contribution in [0.3, 0.4) is 0 Å². The van der Waals surface area contributed by atoms with Crippen LogP contribution in [0.2, 0.25) is 0 Å². The minimum Gasteiger partial charge on any atom is -0.465 e. The molecule has 0 aliphatic heterocycles. The Kier molecular flexibility index (Phi) is 3.40. The summed E-state index contributed by atoms with van der Waals surface area (Å²) in [5.74, 6) is 0.486. The lowest BCUT2D eigenvalue weighted by Gasteiger charge is -2.08. The normalized spacial score (nSPS) is 9.69. The Morgan fingerprint density at radius 1 is 1.62 bits per heavy atom. The molecule has 0 aliphatic carbocycles. The van der Waals surface area contributed by atoms with Crippen LogP contribution in [0, 0.1) is 6.92 Å². The minimum absolute atomic E-state index is 0.118. The molecule has 13 heavy (non-hydrogen) atoms. The summed E-state index contributed by atoms with van der Waals surface area (Å²) in [7, 11) is 1.52. The number of aromatic nitrogens is 1. The number of carbonyl (C=O) groups excluding carboxylic acids is 1. The second kappa shape index (κ2) is 4.57. The van der Waals surface area contributed by atoms with Gasteiger partial charge in [0.15, 0.2) is 18.8 Å². The van der Waals surface area contributed by atoms with E-state index in [0.29, 0.717) is 17.0 Å². The quantitative estimate of drug-likeness (QED) is 0.517. The van der Waals surface area contributed by atoms with Crippen LogP contribution in [-0.4, -0.2) is 25.2 Å². The summed E-state index contributed by atoms with van der Waals surface area (Å²) >= 11 is 0. The van der Waals surface area contributed by atoms with Crippen molar-refractivity contribution in [2.45, 2.75) is 6.92 Å². The van der Waals surface area contributed by atoms with Crippen molar-refractivity contribution in [2.24, 2.45) is 0 Å². The molecule has 1 aromatic heterocycles. The lowest BCUT2D eigenvalue weighted by Crippen LogP contribution is -2.03. The van der Waals surface area contributed by atoms with Crippen LogP contribution < -0.4 is 4.74 Å². The molecule has 4 nitrogen and oxygen atoms in total. The van der Waals surface area contributed by atoms with Crippen molar-refractivity contribution in [1.29, 1.82) is 0 Å². The molecular formula is C9H11NO3. The number of nitrogens with zero attached hydrogens (tertiary/aromatic N) is 1. The molecule has 0 amide bonds. The molecule has 0 spiro atoms. The van der Waals surface area contributed by atoms with Crippen LogP contribution >= 0.6 is 0 Å². The second-order valence-corrected chi connectivity index (χ2v) is 2.48. The third-order valence-corrected chi connectivity index (χ3v) is 1.56. The highest BCUT2D eigenvalue weighted by Crippen LogP contribution is 2.19. The lowest BCUT2D eigenvalue weighted by atomic mass is 10.2. The van der Waals surface area contributed by atoms with E-state index >= 15 is 0 Å². The van der Waals surface area contributed by atoms with E-state index < -0.39 is 0 Å². The molecule has 1 aromatic rings. The van der Waals surface area contributed by atoms with Crippen molar-refractivity contribution in [3.8, 4) is 5.75 Å². The Balaban J connectivity index is 2.93. The first-order chi connectivity index (χ1) is 6.29. The molecule has 0 atom stereocenters. The Hall–Kier alpha value is -1.42. The fraction of sp³-hybridized carbons (Fsp3) is 0.333. The number of aldehydes is 1. The van der Waals surface area contributed by atoms with Crippen LogP contribution in [0.25, 0.3) is 0 Å². The number of hydrogen-bond acceptors (Lipinski definition) is 4. The number of hydrogen-bond donors (Lipinski definition) is 0. The standard InChI is InChI=1S/C9H11NO3/c1-7-9(13-6-12-2)8(5-11)3-4-10-7/h3-5H,6H2,1-2H3. The number of ether oxygens (including phenoxy) is 2. The monoisotopic (exact) mass is 181 g/mol. The van der Waals surface area contributed by atoms with Crippen LogP contribution in [0.4, 0.5) is 0 Å². The van der Waals surface area contributed by atoms with Crippen LogP contribution in [0.1, 0.15) is 16.1 Å². The van der Waals surface area contributed by atoms with Crippen molar-refractivity contribution in [1.82, 2.24) is 4.98 Å². The van der Waals surface area contributed by atoms with Gasteiger partial charge in [-0.05, 0) is 13.0 Å². The summed E-state index contributed by atoms with van der Waals surface area (Å²) in [5.41, 5.74) is 1.17. The minimum atomic E-state index is 0.118. The van der Waals surface area contributed by atoms with E-state index in [-0.39, 0.29) is 6.79 Å². The fourth-order valence-electron chi connectivity index (χ4n) is 0.971. The molecule has 0 aliphatic rings. The number of carbonyl (C=O) groups is 1. The molecular weight excluding hydrogens is 170 g/mol. The van der Waals surface area contributed by atoms with Gasteiger partial charge in [-0.25, -0.2) is 0 Å². The molecule has 1 heterocycles. The van der Waals surface area contributed by atoms with Crippen LogP contribution in [0.15, 0.2) is 12.3 Å². The first-order valence-electron chi connectivity index (χ1n) is 3.82. The highest BCUT2D eigenvalue weighted by atomic mass is 16.7. The van der Waals surface area contributed by atoms with Gasteiger partial charge in [-0.3, -0.25) is 9.78 Å². The number of rotatable bonds is 4. The average molecular weight is 181 g/mol. The molecule has 0 radical (unpaired) electrons. The van der Waals surface area contributed by atoms with Crippen LogP contribution in [-0.2, 0) is 4.74 Å². The Morgan fingerprint density at radius 2 is 2.38 bits per heavy atom. The summed E-state index contributed by atoms with van der Waals surface area (Å²) in [4.78, 5) is 14.6. The number of pyridine rings is 1. The molecule has 0 aromatic carbocycles. The Morgan fingerprint density at radius 3 is 3.00 bits per heavy atom. The maximum absolute atomic E-state index is 10.6. The number of methoxy groups -OCH3 is 1. The predicted octanol–water partition coefficient (Wildman–Crippen LogP) is 1.19. The third kappa shape index (κ3) is 2.26. The van der Waals surface area contributed by atoms with E-state index in [1.807, 2.05) is 0 Å². The predicted molar refractivity (Wildman–Crippen MR) is 46.9 cm³/mol. The molecule has 1 rings (SSSR count). The second-order valence-electron chi connectivity index (χ2n) is 2.48. The van der Waals surface area contributed by atoms with Crippen molar-refractivity contribution >= 4 is 6.29 Å². The van der Waals surface area contributed by atoms with Gasteiger partial charge in [-0.2, -0.15) is 0 Å². The van der Waals surface area contributed by atoms with Crippen molar-refractivity contribution in [3.63, 3.8) is 0 Å². The summed E-state index contributed by atoms with van der Waals surface area (Å²) in [5, 5.41) is 0. The Labute approximate surface area is 76.5 Å². The molecule has 70 valence electrons. The lowest BCUT2D eigenvalue weighted by molar-refractivity contribution is 0.0497. The van der Waals surface area contributed by atoms with Crippen molar-refractivity contribution in [2.75, 3.05) is 13.9 Å². The summed E-state index contributed by atoms with van der Waals surface area (Å²) in [6, 6.07) is 1.60. The molecule has 0 saturated heterocycles. The molecule has 0 N–H and O–H groups in total. The molecule has 0 bridgehead atoms. The van der Waals surface area contributed by atoms with E-state index in [1.54, 1.807) is 19.2 Å². The van der Waals surface area contributed by atoms with E-state index in [9.17, 15) is 4.79 Å². The van der Waals surface area contributed by atoms with Crippen molar-refractivity contribution < 1.29 is 14.3 Å². The van der Waals surface area contributed by atoms with Gasteiger partial charge in [0, 0.05) is 13.3 Å². The van der Waals surface area contributed by atoms with Gasteiger partial charge in [0.2, 0.25) is 0 Å². The zero-order valence-corrected chi connectivity index (χ0v) is 7.61.